The van der Waals surface area contributed by atoms with Crippen molar-refractivity contribution in [2.24, 2.45) is 5.10 Å². The molecule has 1 N–H and O–H groups in total. The summed E-state index contributed by atoms with van der Waals surface area (Å²) in [6.07, 6.45) is 0. The maximum Gasteiger partial charge on any atom is 0.237 e. The van der Waals surface area contributed by atoms with Crippen molar-refractivity contribution in [3.63, 3.8) is 0 Å². The first-order valence-electron chi connectivity index (χ1n) is 4.15. The van der Waals surface area contributed by atoms with E-state index in [1.807, 2.05) is 6.07 Å². The lowest BCUT2D eigenvalue weighted by atomic mass is 10.2. The van der Waals surface area contributed by atoms with Gasteiger partial charge in [0.2, 0.25) is 5.71 Å². The van der Waals surface area contributed by atoms with E-state index >= 15 is 0 Å². The number of hydrogen-bond donors (Lipinski definition) is 1. The molecular formula is C10H3BrFN5. The van der Waals surface area contributed by atoms with Crippen LogP contribution in [-0.4, -0.2) is 5.71 Å². The van der Waals surface area contributed by atoms with E-state index in [9.17, 15) is 4.39 Å². The predicted octanol–water partition coefficient (Wildman–Crippen LogP) is 2.27. The van der Waals surface area contributed by atoms with Crippen molar-refractivity contribution >= 4 is 27.3 Å². The van der Waals surface area contributed by atoms with E-state index in [1.54, 1.807) is 0 Å². The summed E-state index contributed by atoms with van der Waals surface area (Å²) in [4.78, 5) is 0. The van der Waals surface area contributed by atoms with E-state index < -0.39 is 11.5 Å². The van der Waals surface area contributed by atoms with Crippen LogP contribution in [0.2, 0.25) is 0 Å². The molecular weight excluding hydrogens is 289 g/mol. The Morgan fingerprint density at radius 2 is 1.94 bits per heavy atom. The first-order chi connectivity index (χ1) is 8.12. The summed E-state index contributed by atoms with van der Waals surface area (Å²) in [5.41, 5.74) is 2.09. The number of nitrogens with zero attached hydrogens (tertiary/aromatic N) is 4. The maximum atomic E-state index is 13.2. The second kappa shape index (κ2) is 5.60. The van der Waals surface area contributed by atoms with Crippen LogP contribution in [0.5, 0.6) is 0 Å². The van der Waals surface area contributed by atoms with E-state index in [-0.39, 0.29) is 15.7 Å². The molecule has 0 aromatic heterocycles. The minimum atomic E-state index is -0.586. The summed E-state index contributed by atoms with van der Waals surface area (Å²) in [5.74, 6) is -0.586. The fourth-order valence-electron chi connectivity index (χ4n) is 0.923. The van der Waals surface area contributed by atoms with Gasteiger partial charge < -0.3 is 0 Å². The van der Waals surface area contributed by atoms with Crippen molar-refractivity contribution in [2.45, 2.75) is 0 Å². The highest BCUT2D eigenvalue weighted by Gasteiger charge is 2.07. The second-order valence-electron chi connectivity index (χ2n) is 2.72. The number of hydrogen-bond acceptors (Lipinski definition) is 5. The molecule has 5 nitrogen and oxygen atoms in total. The molecule has 0 aliphatic heterocycles. The van der Waals surface area contributed by atoms with Crippen molar-refractivity contribution in [1.82, 2.24) is 0 Å². The Kier molecular flexibility index (Phi) is 4.16. The van der Waals surface area contributed by atoms with Gasteiger partial charge in [-0.25, -0.2) is 4.39 Å². The van der Waals surface area contributed by atoms with Crippen LogP contribution in [-0.2, 0) is 0 Å². The zero-order valence-corrected chi connectivity index (χ0v) is 9.79. The number of anilines is 1. The second-order valence-corrected chi connectivity index (χ2v) is 3.57. The third-order valence-electron chi connectivity index (χ3n) is 1.68. The van der Waals surface area contributed by atoms with Gasteiger partial charge >= 0.3 is 0 Å². The van der Waals surface area contributed by atoms with Gasteiger partial charge in [-0.15, -0.1) is 0 Å². The van der Waals surface area contributed by atoms with Gasteiger partial charge in [0.05, 0.1) is 15.7 Å². The molecule has 17 heavy (non-hydrogen) atoms. The first-order valence-corrected chi connectivity index (χ1v) is 4.94. The number of halogens is 2. The summed E-state index contributed by atoms with van der Waals surface area (Å²) < 4.78 is 13.4. The van der Waals surface area contributed by atoms with Gasteiger partial charge in [-0.05, 0) is 22.0 Å². The molecule has 7 heteroatoms. The van der Waals surface area contributed by atoms with Crippen LogP contribution >= 0.6 is 15.9 Å². The van der Waals surface area contributed by atoms with Crippen molar-refractivity contribution in [2.75, 3.05) is 5.43 Å². The van der Waals surface area contributed by atoms with Crippen LogP contribution in [0.1, 0.15) is 5.56 Å². The normalized spacial score (nSPS) is 8.41. The van der Waals surface area contributed by atoms with Gasteiger partial charge in [0, 0.05) is 6.07 Å². The van der Waals surface area contributed by atoms with Crippen molar-refractivity contribution in [3.05, 3.63) is 28.0 Å². The molecule has 0 amide bonds. The van der Waals surface area contributed by atoms with E-state index in [4.69, 9.17) is 15.8 Å². The molecule has 0 atom stereocenters. The summed E-state index contributed by atoms with van der Waals surface area (Å²) in [6.45, 7) is 0. The first kappa shape index (κ1) is 12.6. The minimum absolute atomic E-state index is 0.0798. The Labute approximate surface area is 105 Å². The standard InChI is InChI=1S/C10H3BrFN5/c11-8-1-6(3-13)10(2-9(8)12)17-16-7(4-14)5-15/h1-2,17H. The van der Waals surface area contributed by atoms with E-state index in [1.165, 1.54) is 18.2 Å². The predicted molar refractivity (Wildman–Crippen MR) is 61.1 cm³/mol. The lowest BCUT2D eigenvalue weighted by molar-refractivity contribution is 0.621. The summed E-state index contributed by atoms with van der Waals surface area (Å²) >= 11 is 2.93. The molecule has 0 saturated heterocycles. The van der Waals surface area contributed by atoms with Crippen LogP contribution in [0.15, 0.2) is 21.7 Å². The molecule has 0 aliphatic carbocycles. The molecule has 0 saturated carbocycles. The van der Waals surface area contributed by atoms with Gasteiger partial charge in [-0.3, -0.25) is 5.43 Å². The third-order valence-corrected chi connectivity index (χ3v) is 2.29. The Morgan fingerprint density at radius 1 is 1.29 bits per heavy atom. The molecule has 0 bridgehead atoms. The molecule has 0 aliphatic rings. The number of nitriles is 3. The fourth-order valence-corrected chi connectivity index (χ4v) is 1.27. The Morgan fingerprint density at radius 3 is 2.47 bits per heavy atom. The van der Waals surface area contributed by atoms with Crippen LogP contribution in [0, 0.1) is 39.8 Å². The van der Waals surface area contributed by atoms with E-state index in [2.05, 4.69) is 26.5 Å². The van der Waals surface area contributed by atoms with E-state index in [0.717, 1.165) is 6.07 Å². The number of rotatable bonds is 2. The fraction of sp³-hybridized carbons (Fsp3) is 0. The molecule has 1 aromatic rings. The van der Waals surface area contributed by atoms with Gasteiger partial charge in [-0.2, -0.15) is 20.9 Å². The van der Waals surface area contributed by atoms with Crippen LogP contribution in [0.25, 0.3) is 0 Å². The monoisotopic (exact) mass is 291 g/mol. The highest BCUT2D eigenvalue weighted by Crippen LogP contribution is 2.24. The SMILES string of the molecule is N#CC(C#N)=NNc1cc(F)c(Br)cc1C#N. The van der Waals surface area contributed by atoms with Crippen molar-refractivity contribution in [3.8, 4) is 18.2 Å². The zero-order chi connectivity index (χ0) is 12.8. The smallest absolute Gasteiger partial charge is 0.237 e. The average Bonchev–Trinajstić information content (AvgIpc) is 2.34. The summed E-state index contributed by atoms with van der Waals surface area (Å²) in [6, 6.07) is 7.19. The number of benzene rings is 1. The third kappa shape index (κ3) is 3.01. The van der Waals surface area contributed by atoms with Gasteiger partial charge in [0.1, 0.15) is 24.0 Å². The average molecular weight is 292 g/mol. The van der Waals surface area contributed by atoms with Crippen LogP contribution in [0.3, 0.4) is 0 Å². The molecule has 0 radical (unpaired) electrons. The highest BCUT2D eigenvalue weighted by atomic mass is 79.9. The van der Waals surface area contributed by atoms with Gasteiger partial charge in [0.25, 0.3) is 0 Å². The van der Waals surface area contributed by atoms with Crippen molar-refractivity contribution < 1.29 is 4.39 Å². The van der Waals surface area contributed by atoms with Crippen molar-refractivity contribution in [1.29, 1.82) is 15.8 Å². The summed E-state index contributed by atoms with van der Waals surface area (Å²) in [5, 5.41) is 29.1. The molecule has 1 rings (SSSR count). The van der Waals surface area contributed by atoms with Gasteiger partial charge in [-0.1, -0.05) is 0 Å². The Bertz CT molecular complexity index is 587. The summed E-state index contributed by atoms with van der Waals surface area (Å²) in [7, 11) is 0. The molecule has 0 fully saturated rings. The molecule has 82 valence electrons. The van der Waals surface area contributed by atoms with E-state index in [0.29, 0.717) is 0 Å². The topological polar surface area (TPSA) is 95.8 Å². The lowest BCUT2D eigenvalue weighted by Gasteiger charge is -2.04. The highest BCUT2D eigenvalue weighted by molar-refractivity contribution is 9.10. The quantitative estimate of drug-likeness (QED) is 0.668. The number of hydrazone groups is 1. The van der Waals surface area contributed by atoms with Gasteiger partial charge in [0.15, 0.2) is 0 Å². The molecule has 0 unspecified atom stereocenters. The maximum absolute atomic E-state index is 13.2. The Hall–Kier alpha value is -2.43. The zero-order valence-electron chi connectivity index (χ0n) is 8.20. The number of nitrogens with one attached hydrogen (secondary N) is 1. The van der Waals surface area contributed by atoms with Crippen LogP contribution < -0.4 is 5.43 Å². The Balaban J connectivity index is 3.14. The van der Waals surface area contributed by atoms with Crippen LogP contribution in [0.4, 0.5) is 10.1 Å². The molecule has 0 heterocycles. The minimum Gasteiger partial charge on any atom is -0.275 e. The molecule has 0 spiro atoms. The molecule has 1 aromatic carbocycles. The lowest BCUT2D eigenvalue weighted by Crippen LogP contribution is -1.99. The largest absolute Gasteiger partial charge is 0.275 e.